The fraction of sp³-hybridized carbons (Fsp3) is 0.458. The summed E-state index contributed by atoms with van der Waals surface area (Å²) in [5.74, 6) is -0.967. The SMILES string of the molecule is Cn1nnc(N(Cc2cc(C(F)(F)F)cc(C(F)(F)F)c2)Cc2cc(C(F)(F)F)cnc2C(=O)N2CCCCC2)n1. The summed E-state index contributed by atoms with van der Waals surface area (Å²) in [6, 6.07) is 1.60. The number of alkyl halides is 9. The van der Waals surface area contributed by atoms with E-state index in [0.717, 1.165) is 16.1 Å². The number of tetrazole rings is 1. The Kier molecular flexibility index (Phi) is 8.18. The minimum atomic E-state index is -5.12. The first-order chi connectivity index (χ1) is 19.0. The van der Waals surface area contributed by atoms with Gasteiger partial charge in [0.15, 0.2) is 0 Å². The molecule has 17 heteroatoms. The molecule has 3 aromatic rings. The molecule has 0 N–H and O–H groups in total. The minimum absolute atomic E-state index is 0.0411. The van der Waals surface area contributed by atoms with Crippen molar-refractivity contribution in [2.75, 3.05) is 18.0 Å². The topological polar surface area (TPSA) is 80.0 Å². The second-order valence-electron chi connectivity index (χ2n) is 9.43. The molecule has 41 heavy (non-hydrogen) atoms. The van der Waals surface area contributed by atoms with Crippen molar-refractivity contribution in [1.29, 1.82) is 0 Å². The van der Waals surface area contributed by atoms with Gasteiger partial charge in [-0.2, -0.15) is 44.3 Å². The highest BCUT2D eigenvalue weighted by atomic mass is 19.4. The Hall–Kier alpha value is -3.92. The molecule has 0 radical (unpaired) electrons. The Morgan fingerprint density at radius 2 is 1.41 bits per heavy atom. The van der Waals surface area contributed by atoms with Gasteiger partial charge >= 0.3 is 18.5 Å². The molecule has 1 aliphatic heterocycles. The molecule has 0 spiro atoms. The predicted molar refractivity (Wildman–Crippen MR) is 124 cm³/mol. The van der Waals surface area contributed by atoms with Crippen molar-refractivity contribution in [2.24, 2.45) is 7.05 Å². The number of anilines is 1. The number of halogens is 9. The molecule has 1 saturated heterocycles. The normalized spacial score (nSPS) is 14.8. The molecule has 222 valence electrons. The molecule has 0 saturated carbocycles. The number of hydrogen-bond donors (Lipinski definition) is 0. The molecule has 3 heterocycles. The summed E-state index contributed by atoms with van der Waals surface area (Å²) in [5, 5.41) is 11.3. The molecule has 0 unspecified atom stereocenters. The first-order valence-electron chi connectivity index (χ1n) is 12.1. The number of pyridine rings is 1. The maximum Gasteiger partial charge on any atom is 0.417 e. The number of likely N-dealkylation sites (tertiary alicyclic amines) is 1. The minimum Gasteiger partial charge on any atom is -0.337 e. The number of carbonyl (C=O) groups excluding carboxylic acids is 1. The van der Waals surface area contributed by atoms with Crippen LogP contribution in [0.1, 0.15) is 57.6 Å². The van der Waals surface area contributed by atoms with E-state index in [1.807, 2.05) is 0 Å². The van der Waals surface area contributed by atoms with E-state index >= 15 is 0 Å². The van der Waals surface area contributed by atoms with E-state index in [1.54, 1.807) is 0 Å². The van der Waals surface area contributed by atoms with Crippen LogP contribution in [-0.4, -0.2) is 49.1 Å². The van der Waals surface area contributed by atoms with Gasteiger partial charge in [-0.1, -0.05) is 5.10 Å². The first kappa shape index (κ1) is 30.0. The fourth-order valence-corrected chi connectivity index (χ4v) is 4.36. The monoisotopic (exact) mass is 595 g/mol. The number of piperidine rings is 1. The Bertz CT molecular complexity index is 1360. The smallest absolute Gasteiger partial charge is 0.337 e. The molecule has 0 aliphatic carbocycles. The Morgan fingerprint density at radius 3 is 1.93 bits per heavy atom. The van der Waals surface area contributed by atoms with Gasteiger partial charge in [-0.05, 0) is 54.3 Å². The van der Waals surface area contributed by atoms with Crippen LogP contribution in [-0.2, 0) is 38.7 Å². The number of nitrogens with zero attached hydrogens (tertiary/aromatic N) is 7. The zero-order valence-electron chi connectivity index (χ0n) is 21.3. The van der Waals surface area contributed by atoms with Crippen LogP contribution in [0.15, 0.2) is 30.5 Å². The van der Waals surface area contributed by atoms with Crippen LogP contribution in [0, 0.1) is 0 Å². The molecular weight excluding hydrogens is 573 g/mol. The molecule has 2 aromatic heterocycles. The fourth-order valence-electron chi connectivity index (χ4n) is 4.36. The van der Waals surface area contributed by atoms with Crippen molar-refractivity contribution in [2.45, 2.75) is 50.9 Å². The maximum absolute atomic E-state index is 13.6. The van der Waals surface area contributed by atoms with Gasteiger partial charge in [-0.25, -0.2) is 0 Å². The Balaban J connectivity index is 1.79. The molecule has 1 aliphatic rings. The van der Waals surface area contributed by atoms with Gasteiger partial charge < -0.3 is 9.80 Å². The molecule has 4 rings (SSSR count). The quantitative estimate of drug-likeness (QED) is 0.351. The number of carbonyl (C=O) groups is 1. The second-order valence-corrected chi connectivity index (χ2v) is 9.43. The first-order valence-corrected chi connectivity index (χ1v) is 12.1. The van der Waals surface area contributed by atoms with Crippen molar-refractivity contribution in [3.05, 3.63) is 64.0 Å². The summed E-state index contributed by atoms with van der Waals surface area (Å²) in [7, 11) is 1.33. The lowest BCUT2D eigenvalue weighted by atomic mass is 10.0. The van der Waals surface area contributed by atoms with Crippen molar-refractivity contribution >= 4 is 11.9 Å². The van der Waals surface area contributed by atoms with Crippen LogP contribution in [0.5, 0.6) is 0 Å². The standard InChI is InChI=1S/C24H22F9N7O/c1-38-36-21(35-37-38)40(12-14-7-16(22(25,26)27)10-17(8-14)23(28,29)30)13-15-9-18(24(31,32)33)11-34-19(15)20(41)39-5-3-2-4-6-39/h7-11H,2-6,12-13H2,1H3. The van der Waals surface area contributed by atoms with Gasteiger partial charge in [0, 0.05) is 37.9 Å². The van der Waals surface area contributed by atoms with Crippen molar-refractivity contribution < 1.29 is 44.3 Å². The summed E-state index contributed by atoms with van der Waals surface area (Å²) in [6.45, 7) is -0.622. The molecule has 0 bridgehead atoms. The third-order valence-electron chi connectivity index (χ3n) is 6.30. The number of aromatic nitrogens is 5. The number of benzene rings is 1. The molecule has 1 fully saturated rings. The van der Waals surface area contributed by atoms with E-state index in [0.29, 0.717) is 50.3 Å². The molecular formula is C24H22F9N7O. The van der Waals surface area contributed by atoms with Gasteiger partial charge in [-0.3, -0.25) is 9.78 Å². The third-order valence-corrected chi connectivity index (χ3v) is 6.30. The van der Waals surface area contributed by atoms with Gasteiger partial charge in [0.05, 0.1) is 23.7 Å². The average Bonchev–Trinajstić information content (AvgIpc) is 3.33. The summed E-state index contributed by atoms with van der Waals surface area (Å²) in [5.41, 5.74) is -5.44. The molecule has 1 amide bonds. The molecule has 1 aromatic carbocycles. The largest absolute Gasteiger partial charge is 0.417 e. The van der Waals surface area contributed by atoms with Crippen molar-refractivity contribution in [3.8, 4) is 0 Å². The van der Waals surface area contributed by atoms with E-state index in [4.69, 9.17) is 0 Å². The molecule has 0 atom stereocenters. The van der Waals surface area contributed by atoms with E-state index in [1.165, 1.54) is 11.9 Å². The Labute approximate surface area is 226 Å². The third kappa shape index (κ3) is 7.24. The maximum atomic E-state index is 13.6. The average molecular weight is 595 g/mol. The molecule has 8 nitrogen and oxygen atoms in total. The lowest BCUT2D eigenvalue weighted by Crippen LogP contribution is -2.37. The van der Waals surface area contributed by atoms with Gasteiger partial charge in [0.25, 0.3) is 11.9 Å². The Morgan fingerprint density at radius 1 is 0.829 bits per heavy atom. The number of rotatable bonds is 6. The number of amides is 1. The van der Waals surface area contributed by atoms with Crippen LogP contribution in [0.4, 0.5) is 45.5 Å². The van der Waals surface area contributed by atoms with E-state index < -0.39 is 59.8 Å². The van der Waals surface area contributed by atoms with Gasteiger partial charge in [-0.15, -0.1) is 5.10 Å². The summed E-state index contributed by atoms with van der Waals surface area (Å²) in [6.07, 6.45) is -12.4. The lowest BCUT2D eigenvalue weighted by molar-refractivity contribution is -0.143. The second kappa shape index (κ2) is 11.2. The van der Waals surface area contributed by atoms with Gasteiger partial charge in [0.2, 0.25) is 0 Å². The number of aryl methyl sites for hydroxylation is 1. The lowest BCUT2D eigenvalue weighted by Gasteiger charge is -2.28. The van der Waals surface area contributed by atoms with E-state index in [9.17, 15) is 44.3 Å². The van der Waals surface area contributed by atoms with Gasteiger partial charge in [0.1, 0.15) is 5.69 Å². The zero-order chi connectivity index (χ0) is 30.2. The zero-order valence-corrected chi connectivity index (χ0v) is 21.3. The van der Waals surface area contributed by atoms with Crippen LogP contribution in [0.3, 0.4) is 0 Å². The highest BCUT2D eigenvalue weighted by Crippen LogP contribution is 2.37. The van der Waals surface area contributed by atoms with Crippen molar-refractivity contribution in [1.82, 2.24) is 30.1 Å². The van der Waals surface area contributed by atoms with E-state index in [2.05, 4.69) is 20.4 Å². The summed E-state index contributed by atoms with van der Waals surface area (Å²) >= 11 is 0. The van der Waals surface area contributed by atoms with Crippen LogP contribution in [0.2, 0.25) is 0 Å². The highest BCUT2D eigenvalue weighted by Gasteiger charge is 2.38. The van der Waals surface area contributed by atoms with E-state index in [-0.39, 0.29) is 23.3 Å². The van der Waals surface area contributed by atoms with Crippen LogP contribution >= 0.6 is 0 Å². The number of hydrogen-bond acceptors (Lipinski definition) is 6. The van der Waals surface area contributed by atoms with Crippen LogP contribution in [0.25, 0.3) is 0 Å². The predicted octanol–water partition coefficient (Wildman–Crippen LogP) is 5.49. The highest BCUT2D eigenvalue weighted by molar-refractivity contribution is 5.94. The summed E-state index contributed by atoms with van der Waals surface area (Å²) < 4.78 is 121. The summed E-state index contributed by atoms with van der Waals surface area (Å²) in [4.78, 5) is 20.4. The van der Waals surface area contributed by atoms with Crippen molar-refractivity contribution in [3.63, 3.8) is 0 Å². The van der Waals surface area contributed by atoms with Crippen LogP contribution < -0.4 is 4.90 Å².